The number of hydrogen-bond donors (Lipinski definition) is 1. The van der Waals surface area contributed by atoms with Gasteiger partial charge in [0.05, 0.1) is 13.2 Å². The average Bonchev–Trinajstić information content (AvgIpc) is 3.15. The average molecular weight is 393 g/mol. The molecule has 4 rings (SSSR count). The van der Waals surface area contributed by atoms with E-state index < -0.39 is 0 Å². The van der Waals surface area contributed by atoms with Gasteiger partial charge in [0.25, 0.3) is 5.91 Å². The van der Waals surface area contributed by atoms with Gasteiger partial charge in [0.2, 0.25) is 5.91 Å². The number of nitrogens with zero attached hydrogens (tertiary/aromatic N) is 2. The molecule has 2 aliphatic rings. The number of carbonyl (C=O) groups is 2. The molecular weight excluding hydrogens is 366 g/mol. The summed E-state index contributed by atoms with van der Waals surface area (Å²) < 4.78 is 5.38. The Balaban J connectivity index is 1.35. The van der Waals surface area contributed by atoms with Crippen molar-refractivity contribution in [1.29, 1.82) is 0 Å². The van der Waals surface area contributed by atoms with Crippen molar-refractivity contribution in [3.63, 3.8) is 0 Å². The fourth-order valence-electron chi connectivity index (χ4n) is 3.82. The van der Waals surface area contributed by atoms with Gasteiger partial charge < -0.3 is 15.0 Å². The second kappa shape index (κ2) is 9.20. The molecule has 2 amide bonds. The Hall–Kier alpha value is -2.70. The van der Waals surface area contributed by atoms with Crippen LogP contribution in [0.4, 0.5) is 5.69 Å². The topological polar surface area (TPSA) is 61.9 Å². The largest absolute Gasteiger partial charge is 0.379 e. The number of carbonyl (C=O) groups excluding carboxylic acids is 2. The van der Waals surface area contributed by atoms with Gasteiger partial charge in [0.1, 0.15) is 0 Å². The Morgan fingerprint density at radius 2 is 1.76 bits per heavy atom. The van der Waals surface area contributed by atoms with E-state index in [4.69, 9.17) is 4.74 Å². The molecule has 2 aliphatic heterocycles. The summed E-state index contributed by atoms with van der Waals surface area (Å²) >= 11 is 0. The minimum atomic E-state index is -0.138. The van der Waals surface area contributed by atoms with Crippen LogP contribution in [0, 0.1) is 0 Å². The number of amides is 2. The van der Waals surface area contributed by atoms with Crippen LogP contribution in [0.3, 0.4) is 0 Å². The van der Waals surface area contributed by atoms with Crippen molar-refractivity contribution in [2.45, 2.75) is 25.9 Å². The van der Waals surface area contributed by atoms with Gasteiger partial charge in [-0.15, -0.1) is 0 Å². The number of rotatable bonds is 6. The molecule has 29 heavy (non-hydrogen) atoms. The second-order valence-corrected chi connectivity index (χ2v) is 7.66. The van der Waals surface area contributed by atoms with E-state index >= 15 is 0 Å². The summed E-state index contributed by atoms with van der Waals surface area (Å²) in [5.41, 5.74) is 3.59. The quantitative estimate of drug-likeness (QED) is 0.820. The predicted molar refractivity (Wildman–Crippen MR) is 112 cm³/mol. The molecule has 0 bridgehead atoms. The Morgan fingerprint density at radius 3 is 2.48 bits per heavy atom. The molecule has 0 spiro atoms. The summed E-state index contributed by atoms with van der Waals surface area (Å²) in [6.07, 6.45) is 1.54. The molecule has 2 saturated heterocycles. The van der Waals surface area contributed by atoms with E-state index in [-0.39, 0.29) is 11.8 Å². The summed E-state index contributed by atoms with van der Waals surface area (Å²) in [6, 6.07) is 15.5. The van der Waals surface area contributed by atoms with Crippen molar-refractivity contribution in [3.8, 4) is 0 Å². The maximum atomic E-state index is 12.7. The summed E-state index contributed by atoms with van der Waals surface area (Å²) in [7, 11) is 0. The van der Waals surface area contributed by atoms with Gasteiger partial charge in [0.15, 0.2) is 0 Å². The molecule has 1 N–H and O–H groups in total. The van der Waals surface area contributed by atoms with Gasteiger partial charge in [-0.25, -0.2) is 0 Å². The number of morpholine rings is 1. The first-order chi connectivity index (χ1) is 14.2. The molecule has 2 fully saturated rings. The van der Waals surface area contributed by atoms with Crippen LogP contribution in [-0.2, 0) is 22.6 Å². The number of likely N-dealkylation sites (tertiary alicyclic amines) is 1. The molecule has 0 aliphatic carbocycles. The molecule has 152 valence electrons. The van der Waals surface area contributed by atoms with Gasteiger partial charge >= 0.3 is 0 Å². The highest BCUT2D eigenvalue weighted by molar-refractivity contribution is 6.04. The van der Waals surface area contributed by atoms with Crippen LogP contribution in [0.1, 0.15) is 34.3 Å². The summed E-state index contributed by atoms with van der Waals surface area (Å²) in [4.78, 5) is 28.7. The number of hydrogen-bond acceptors (Lipinski definition) is 4. The van der Waals surface area contributed by atoms with Crippen molar-refractivity contribution in [2.75, 3.05) is 38.2 Å². The van der Waals surface area contributed by atoms with E-state index in [9.17, 15) is 9.59 Å². The van der Waals surface area contributed by atoms with Crippen molar-refractivity contribution in [1.82, 2.24) is 9.80 Å². The highest BCUT2D eigenvalue weighted by Gasteiger charge is 2.20. The number of anilines is 1. The highest BCUT2D eigenvalue weighted by atomic mass is 16.5. The third-order valence-corrected chi connectivity index (χ3v) is 5.46. The predicted octanol–water partition coefficient (Wildman–Crippen LogP) is 2.89. The first kappa shape index (κ1) is 19.6. The van der Waals surface area contributed by atoms with Crippen molar-refractivity contribution >= 4 is 17.5 Å². The molecule has 2 aromatic rings. The SMILES string of the molecule is O=C(Nc1ccc(CN2CCOCC2)cc1)c1cccc(CN2CCCC2=O)c1. The lowest BCUT2D eigenvalue weighted by atomic mass is 10.1. The molecule has 2 heterocycles. The molecule has 2 aromatic carbocycles. The molecule has 0 unspecified atom stereocenters. The van der Waals surface area contributed by atoms with Crippen LogP contribution in [-0.4, -0.2) is 54.5 Å². The van der Waals surface area contributed by atoms with Gasteiger partial charge in [0, 0.05) is 50.4 Å². The number of nitrogens with one attached hydrogen (secondary N) is 1. The van der Waals surface area contributed by atoms with Crippen molar-refractivity contribution in [3.05, 3.63) is 65.2 Å². The highest BCUT2D eigenvalue weighted by Crippen LogP contribution is 2.17. The summed E-state index contributed by atoms with van der Waals surface area (Å²) in [6.45, 7) is 5.76. The summed E-state index contributed by atoms with van der Waals surface area (Å²) in [5, 5.41) is 2.97. The molecule has 6 nitrogen and oxygen atoms in total. The zero-order valence-corrected chi connectivity index (χ0v) is 16.6. The zero-order chi connectivity index (χ0) is 20.1. The van der Waals surface area contributed by atoms with Crippen LogP contribution < -0.4 is 5.32 Å². The van der Waals surface area contributed by atoms with Crippen LogP contribution in [0.2, 0.25) is 0 Å². The van der Waals surface area contributed by atoms with E-state index in [0.717, 1.165) is 57.1 Å². The molecule has 0 saturated carbocycles. The smallest absolute Gasteiger partial charge is 0.255 e. The van der Waals surface area contributed by atoms with E-state index in [2.05, 4.69) is 22.3 Å². The van der Waals surface area contributed by atoms with Crippen molar-refractivity contribution < 1.29 is 14.3 Å². The van der Waals surface area contributed by atoms with Crippen LogP contribution >= 0.6 is 0 Å². The third-order valence-electron chi connectivity index (χ3n) is 5.46. The zero-order valence-electron chi connectivity index (χ0n) is 16.6. The standard InChI is InChI=1S/C23H27N3O3/c27-22-5-2-10-26(22)17-19-3-1-4-20(15-19)23(28)24-21-8-6-18(7-9-21)16-25-11-13-29-14-12-25/h1,3-4,6-9,15H,2,5,10-14,16-17H2,(H,24,28). The molecule has 0 radical (unpaired) electrons. The van der Waals surface area contributed by atoms with E-state index in [1.807, 2.05) is 35.2 Å². The second-order valence-electron chi connectivity index (χ2n) is 7.66. The first-order valence-corrected chi connectivity index (χ1v) is 10.2. The summed E-state index contributed by atoms with van der Waals surface area (Å²) in [5.74, 6) is 0.0533. The van der Waals surface area contributed by atoms with E-state index in [0.29, 0.717) is 18.5 Å². The van der Waals surface area contributed by atoms with E-state index in [1.54, 1.807) is 6.07 Å². The minimum Gasteiger partial charge on any atom is -0.379 e. The lowest BCUT2D eigenvalue weighted by molar-refractivity contribution is -0.128. The minimum absolute atomic E-state index is 0.138. The van der Waals surface area contributed by atoms with Crippen molar-refractivity contribution in [2.24, 2.45) is 0 Å². The Kier molecular flexibility index (Phi) is 6.22. The maximum absolute atomic E-state index is 12.7. The van der Waals surface area contributed by atoms with E-state index in [1.165, 1.54) is 5.56 Å². The van der Waals surface area contributed by atoms with Gasteiger partial charge in [-0.2, -0.15) is 0 Å². The molecular formula is C23H27N3O3. The van der Waals surface area contributed by atoms with Crippen LogP contribution in [0.5, 0.6) is 0 Å². The Bertz CT molecular complexity index is 860. The lowest BCUT2D eigenvalue weighted by Crippen LogP contribution is -2.35. The molecule has 6 heteroatoms. The Labute approximate surface area is 171 Å². The number of benzene rings is 2. The number of ether oxygens (including phenoxy) is 1. The third kappa shape index (κ3) is 5.22. The van der Waals surface area contributed by atoms with Gasteiger partial charge in [-0.1, -0.05) is 24.3 Å². The van der Waals surface area contributed by atoms with Crippen LogP contribution in [0.15, 0.2) is 48.5 Å². The fourth-order valence-corrected chi connectivity index (χ4v) is 3.82. The monoisotopic (exact) mass is 393 g/mol. The van der Waals surface area contributed by atoms with Crippen LogP contribution in [0.25, 0.3) is 0 Å². The maximum Gasteiger partial charge on any atom is 0.255 e. The van der Waals surface area contributed by atoms with Gasteiger partial charge in [-0.05, 0) is 41.8 Å². The lowest BCUT2D eigenvalue weighted by Gasteiger charge is -2.26. The first-order valence-electron chi connectivity index (χ1n) is 10.2. The normalized spacial score (nSPS) is 17.5. The molecule has 0 aromatic heterocycles. The van der Waals surface area contributed by atoms with Gasteiger partial charge in [-0.3, -0.25) is 14.5 Å². The fraction of sp³-hybridized carbons (Fsp3) is 0.391. The Morgan fingerprint density at radius 1 is 0.966 bits per heavy atom. The molecule has 0 atom stereocenters.